The van der Waals surface area contributed by atoms with Gasteiger partial charge in [0.05, 0.1) is 18.0 Å². The predicted octanol–water partition coefficient (Wildman–Crippen LogP) is 2.68. The zero-order valence-electron chi connectivity index (χ0n) is 15.3. The third-order valence-electron chi connectivity index (χ3n) is 4.42. The number of benzene rings is 2. The molecule has 0 saturated carbocycles. The fourth-order valence-electron chi connectivity index (χ4n) is 2.94. The number of nitrogens with zero attached hydrogens (tertiary/aromatic N) is 3. The number of nitrogens with one attached hydrogen (secondary N) is 1. The highest BCUT2D eigenvalue weighted by molar-refractivity contribution is 7.80. The second-order valence-corrected chi connectivity index (χ2v) is 6.46. The van der Waals surface area contributed by atoms with Gasteiger partial charge in [0.25, 0.3) is 5.56 Å². The highest BCUT2D eigenvalue weighted by Gasteiger charge is 2.19. The summed E-state index contributed by atoms with van der Waals surface area (Å²) >= 11 is 5.54. The van der Waals surface area contributed by atoms with E-state index in [2.05, 4.69) is 5.32 Å². The quantitative estimate of drug-likeness (QED) is 0.665. The van der Waals surface area contributed by atoms with E-state index in [1.807, 2.05) is 74.6 Å². The van der Waals surface area contributed by atoms with Crippen molar-refractivity contribution >= 4 is 28.7 Å². The lowest BCUT2D eigenvalue weighted by Crippen LogP contribution is -2.38. The number of anilines is 2. The predicted molar refractivity (Wildman–Crippen MR) is 113 cm³/mol. The molecule has 1 heterocycles. The first kappa shape index (κ1) is 18.9. The standard InChI is InChI=1S/C20H22N4O2S/c1-15-18(19(26)24(22(15)2)17-11-7-4-8-12-17)21-20(27)23(13-14-25)16-9-5-3-6-10-16/h3-12,25H,13-14H2,1-2H3,(H,21,27). The molecule has 0 aliphatic rings. The van der Waals surface area contributed by atoms with Crippen LogP contribution in [-0.2, 0) is 7.05 Å². The fourth-order valence-corrected chi connectivity index (χ4v) is 3.24. The van der Waals surface area contributed by atoms with E-state index in [1.54, 1.807) is 14.3 Å². The monoisotopic (exact) mass is 382 g/mol. The number of hydrogen-bond acceptors (Lipinski definition) is 3. The smallest absolute Gasteiger partial charge is 0.295 e. The zero-order chi connectivity index (χ0) is 19.4. The molecule has 0 unspecified atom stereocenters. The van der Waals surface area contributed by atoms with E-state index < -0.39 is 0 Å². The summed E-state index contributed by atoms with van der Waals surface area (Å²) in [5.74, 6) is 0. The fraction of sp³-hybridized carbons (Fsp3) is 0.200. The third-order valence-corrected chi connectivity index (χ3v) is 4.75. The van der Waals surface area contributed by atoms with Crippen LogP contribution in [0.1, 0.15) is 5.69 Å². The maximum atomic E-state index is 13.0. The maximum absolute atomic E-state index is 13.0. The van der Waals surface area contributed by atoms with Crippen LogP contribution in [0.15, 0.2) is 65.5 Å². The largest absolute Gasteiger partial charge is 0.395 e. The van der Waals surface area contributed by atoms with Crippen molar-refractivity contribution in [2.45, 2.75) is 6.92 Å². The second-order valence-electron chi connectivity index (χ2n) is 6.08. The lowest BCUT2D eigenvalue weighted by molar-refractivity contribution is 0.306. The van der Waals surface area contributed by atoms with Gasteiger partial charge in [-0.1, -0.05) is 36.4 Å². The van der Waals surface area contributed by atoms with Gasteiger partial charge in [-0.25, -0.2) is 4.68 Å². The van der Waals surface area contributed by atoms with E-state index >= 15 is 0 Å². The maximum Gasteiger partial charge on any atom is 0.295 e. The Morgan fingerprint density at radius 1 is 1.11 bits per heavy atom. The molecule has 0 fully saturated rings. The summed E-state index contributed by atoms with van der Waals surface area (Å²) in [4.78, 5) is 14.8. The summed E-state index contributed by atoms with van der Waals surface area (Å²) in [5, 5.41) is 12.9. The Bertz CT molecular complexity index is 980. The molecule has 2 aromatic carbocycles. The zero-order valence-corrected chi connectivity index (χ0v) is 16.1. The van der Waals surface area contributed by atoms with E-state index in [0.717, 1.165) is 17.1 Å². The van der Waals surface area contributed by atoms with Gasteiger partial charge in [-0.3, -0.25) is 9.48 Å². The minimum Gasteiger partial charge on any atom is -0.395 e. The number of rotatable bonds is 5. The molecule has 0 radical (unpaired) electrons. The van der Waals surface area contributed by atoms with Crippen molar-refractivity contribution in [3.8, 4) is 5.69 Å². The molecular formula is C20H22N4O2S. The molecule has 7 heteroatoms. The van der Waals surface area contributed by atoms with E-state index in [4.69, 9.17) is 12.2 Å². The summed E-state index contributed by atoms with van der Waals surface area (Å²) in [6.07, 6.45) is 0. The van der Waals surface area contributed by atoms with E-state index in [-0.39, 0.29) is 12.2 Å². The van der Waals surface area contributed by atoms with E-state index in [1.165, 1.54) is 0 Å². The minimum absolute atomic E-state index is 0.0568. The molecule has 0 spiro atoms. The van der Waals surface area contributed by atoms with E-state index in [0.29, 0.717) is 17.3 Å². The van der Waals surface area contributed by atoms with Gasteiger partial charge in [-0.05, 0) is 43.4 Å². The van der Waals surface area contributed by atoms with Crippen molar-refractivity contribution in [3.05, 3.63) is 76.7 Å². The van der Waals surface area contributed by atoms with E-state index in [9.17, 15) is 9.90 Å². The van der Waals surface area contributed by atoms with Crippen LogP contribution in [0.3, 0.4) is 0 Å². The van der Waals surface area contributed by atoms with Crippen LogP contribution in [0, 0.1) is 6.92 Å². The lowest BCUT2D eigenvalue weighted by atomic mass is 10.3. The first-order chi connectivity index (χ1) is 13.0. The van der Waals surface area contributed by atoms with Crippen molar-refractivity contribution in [1.82, 2.24) is 9.36 Å². The molecule has 0 saturated heterocycles. The topological polar surface area (TPSA) is 62.4 Å². The molecule has 3 aromatic rings. The number of thiocarbonyl (C=S) groups is 1. The van der Waals surface area contributed by atoms with Crippen LogP contribution in [-0.4, -0.2) is 32.7 Å². The summed E-state index contributed by atoms with van der Waals surface area (Å²) < 4.78 is 3.39. The Kier molecular flexibility index (Phi) is 5.73. The van der Waals surface area contributed by atoms with Crippen LogP contribution in [0.2, 0.25) is 0 Å². The van der Waals surface area contributed by atoms with Gasteiger partial charge in [0.1, 0.15) is 5.69 Å². The van der Waals surface area contributed by atoms with Gasteiger partial charge in [-0.15, -0.1) is 0 Å². The molecule has 0 aliphatic heterocycles. The normalized spacial score (nSPS) is 10.6. The summed E-state index contributed by atoms with van der Waals surface area (Å²) in [5.41, 5.74) is 2.64. The minimum atomic E-state index is -0.180. The second kappa shape index (κ2) is 8.20. The Balaban J connectivity index is 1.96. The summed E-state index contributed by atoms with van der Waals surface area (Å²) in [7, 11) is 1.83. The first-order valence-electron chi connectivity index (χ1n) is 8.63. The van der Waals surface area contributed by atoms with Crippen LogP contribution in [0.4, 0.5) is 11.4 Å². The Morgan fingerprint density at radius 2 is 1.70 bits per heavy atom. The molecule has 0 aliphatic carbocycles. The number of aliphatic hydroxyl groups is 1. The molecule has 27 heavy (non-hydrogen) atoms. The van der Waals surface area contributed by atoms with Gasteiger partial charge >= 0.3 is 0 Å². The van der Waals surface area contributed by atoms with Crippen LogP contribution >= 0.6 is 12.2 Å². The van der Waals surface area contributed by atoms with Gasteiger partial charge in [0.15, 0.2) is 5.11 Å². The average Bonchev–Trinajstić information content (AvgIpc) is 2.90. The number of hydrogen-bond donors (Lipinski definition) is 2. The van der Waals surface area contributed by atoms with Crippen molar-refractivity contribution < 1.29 is 5.11 Å². The Morgan fingerprint density at radius 3 is 2.30 bits per heavy atom. The molecule has 1 aromatic heterocycles. The highest BCUT2D eigenvalue weighted by Crippen LogP contribution is 2.18. The molecule has 0 bridgehead atoms. The highest BCUT2D eigenvalue weighted by atomic mass is 32.1. The van der Waals surface area contributed by atoms with Crippen molar-refractivity contribution in [2.75, 3.05) is 23.4 Å². The molecule has 0 amide bonds. The molecule has 2 N–H and O–H groups in total. The Hall–Kier alpha value is -2.90. The number of para-hydroxylation sites is 2. The molecule has 6 nitrogen and oxygen atoms in total. The third kappa shape index (κ3) is 3.79. The van der Waals surface area contributed by atoms with Gasteiger partial charge in [-0.2, -0.15) is 0 Å². The van der Waals surface area contributed by atoms with Gasteiger partial charge < -0.3 is 15.3 Å². The van der Waals surface area contributed by atoms with Gasteiger partial charge in [0.2, 0.25) is 0 Å². The van der Waals surface area contributed by atoms with Crippen molar-refractivity contribution in [1.29, 1.82) is 0 Å². The van der Waals surface area contributed by atoms with Crippen molar-refractivity contribution in [3.63, 3.8) is 0 Å². The van der Waals surface area contributed by atoms with Crippen LogP contribution in [0.5, 0.6) is 0 Å². The van der Waals surface area contributed by atoms with Crippen LogP contribution < -0.4 is 15.8 Å². The summed E-state index contributed by atoms with van der Waals surface area (Å²) in [6, 6.07) is 19.0. The number of aromatic nitrogens is 2. The average molecular weight is 382 g/mol. The summed E-state index contributed by atoms with van der Waals surface area (Å²) in [6.45, 7) is 2.14. The molecular weight excluding hydrogens is 360 g/mol. The Labute approximate surface area is 163 Å². The van der Waals surface area contributed by atoms with Crippen molar-refractivity contribution in [2.24, 2.45) is 7.05 Å². The van der Waals surface area contributed by atoms with Gasteiger partial charge in [0, 0.05) is 19.3 Å². The first-order valence-corrected chi connectivity index (χ1v) is 9.04. The molecule has 0 atom stereocenters. The molecule has 140 valence electrons. The van der Waals surface area contributed by atoms with Crippen LogP contribution in [0.25, 0.3) is 5.69 Å². The SMILES string of the molecule is Cc1c(NC(=S)N(CCO)c2ccccc2)c(=O)n(-c2ccccc2)n1C. The number of aliphatic hydroxyl groups excluding tert-OH is 1. The lowest BCUT2D eigenvalue weighted by Gasteiger charge is -2.24. The molecule has 3 rings (SSSR count).